The molecule has 0 spiro atoms. The number of halogens is 1. The molecule has 0 saturated carbocycles. The van der Waals surface area contributed by atoms with Crippen molar-refractivity contribution in [2.45, 2.75) is 6.10 Å². The summed E-state index contributed by atoms with van der Waals surface area (Å²) in [6, 6.07) is 3.64. The fourth-order valence-corrected chi connectivity index (χ4v) is 1.45. The van der Waals surface area contributed by atoms with Crippen molar-refractivity contribution in [3.05, 3.63) is 16.6 Å². The van der Waals surface area contributed by atoms with Gasteiger partial charge in [0.05, 0.1) is 24.8 Å². The van der Waals surface area contributed by atoms with E-state index in [4.69, 9.17) is 14.2 Å². The minimum atomic E-state index is 0.133. The van der Waals surface area contributed by atoms with Gasteiger partial charge in [0.1, 0.15) is 6.10 Å². The first-order chi connectivity index (χ1) is 6.79. The maximum atomic E-state index is 5.51. The van der Waals surface area contributed by atoms with Crippen molar-refractivity contribution in [3.63, 3.8) is 0 Å². The third kappa shape index (κ3) is 1.99. The minimum Gasteiger partial charge on any atom is -0.480 e. The predicted octanol–water partition coefficient (Wildman–Crippen LogP) is 1.63. The molecule has 1 fully saturated rings. The Labute approximate surface area is 90.3 Å². The summed E-state index contributed by atoms with van der Waals surface area (Å²) in [6.45, 7) is 1.28. The summed E-state index contributed by atoms with van der Waals surface area (Å²) < 4.78 is 16.4. The highest BCUT2D eigenvalue weighted by Crippen LogP contribution is 2.25. The third-order valence-corrected chi connectivity index (χ3v) is 2.48. The van der Waals surface area contributed by atoms with E-state index in [1.165, 1.54) is 0 Å². The number of pyridine rings is 1. The average molecular weight is 260 g/mol. The summed E-state index contributed by atoms with van der Waals surface area (Å²) in [6.07, 6.45) is 0.133. The molecule has 0 N–H and O–H groups in total. The Balaban J connectivity index is 2.09. The van der Waals surface area contributed by atoms with Crippen molar-refractivity contribution >= 4 is 15.9 Å². The molecule has 76 valence electrons. The highest BCUT2D eigenvalue weighted by molar-refractivity contribution is 9.10. The van der Waals surface area contributed by atoms with Gasteiger partial charge in [0, 0.05) is 6.07 Å². The molecule has 0 aromatic carbocycles. The maximum Gasteiger partial charge on any atom is 0.231 e. The van der Waals surface area contributed by atoms with Gasteiger partial charge in [-0.15, -0.1) is 0 Å². The predicted molar refractivity (Wildman–Crippen MR) is 53.7 cm³/mol. The van der Waals surface area contributed by atoms with E-state index in [0.29, 0.717) is 25.0 Å². The van der Waals surface area contributed by atoms with Gasteiger partial charge in [-0.1, -0.05) is 0 Å². The van der Waals surface area contributed by atoms with E-state index in [0.717, 1.165) is 4.47 Å². The van der Waals surface area contributed by atoms with Crippen LogP contribution in [-0.4, -0.2) is 31.4 Å². The molecule has 0 bridgehead atoms. The molecule has 0 radical (unpaired) electrons. The highest BCUT2D eigenvalue weighted by atomic mass is 79.9. The number of ether oxygens (including phenoxy) is 3. The Kier molecular flexibility index (Phi) is 2.88. The fourth-order valence-electron chi connectivity index (χ4n) is 1.07. The van der Waals surface area contributed by atoms with Crippen molar-refractivity contribution in [2.75, 3.05) is 20.3 Å². The number of methoxy groups -OCH3 is 1. The topological polar surface area (TPSA) is 40.6 Å². The number of hydrogen-bond donors (Lipinski definition) is 0. The molecular formula is C9H10BrNO3. The lowest BCUT2D eigenvalue weighted by molar-refractivity contribution is -0.0814. The maximum absolute atomic E-state index is 5.51. The van der Waals surface area contributed by atoms with Gasteiger partial charge in [0.2, 0.25) is 11.8 Å². The first-order valence-corrected chi connectivity index (χ1v) is 5.04. The van der Waals surface area contributed by atoms with E-state index in [9.17, 15) is 0 Å². The Morgan fingerprint density at radius 1 is 1.50 bits per heavy atom. The van der Waals surface area contributed by atoms with Gasteiger partial charge in [-0.05, 0) is 22.0 Å². The van der Waals surface area contributed by atoms with Crippen LogP contribution in [0.25, 0.3) is 0 Å². The van der Waals surface area contributed by atoms with Crippen LogP contribution in [0.4, 0.5) is 0 Å². The van der Waals surface area contributed by atoms with Gasteiger partial charge in [0.25, 0.3) is 0 Å². The van der Waals surface area contributed by atoms with Crippen LogP contribution in [0.1, 0.15) is 0 Å². The molecule has 4 nitrogen and oxygen atoms in total. The average Bonchev–Trinajstić information content (AvgIpc) is 2.14. The quantitative estimate of drug-likeness (QED) is 0.828. The van der Waals surface area contributed by atoms with Gasteiger partial charge in [-0.2, -0.15) is 4.98 Å². The van der Waals surface area contributed by atoms with Crippen LogP contribution in [0.15, 0.2) is 16.6 Å². The summed E-state index contributed by atoms with van der Waals surface area (Å²) in [7, 11) is 1.57. The van der Waals surface area contributed by atoms with Crippen LogP contribution in [0, 0.1) is 0 Å². The lowest BCUT2D eigenvalue weighted by Crippen LogP contribution is -2.38. The molecule has 1 saturated heterocycles. The lowest BCUT2D eigenvalue weighted by atomic mass is 10.3. The smallest absolute Gasteiger partial charge is 0.231 e. The summed E-state index contributed by atoms with van der Waals surface area (Å²) >= 11 is 3.32. The molecular weight excluding hydrogens is 250 g/mol. The van der Waals surface area contributed by atoms with Crippen LogP contribution >= 0.6 is 15.9 Å². The largest absolute Gasteiger partial charge is 0.480 e. The van der Waals surface area contributed by atoms with E-state index in [1.807, 2.05) is 6.07 Å². The summed E-state index contributed by atoms with van der Waals surface area (Å²) in [4.78, 5) is 4.17. The zero-order valence-electron chi connectivity index (χ0n) is 7.70. The summed E-state index contributed by atoms with van der Waals surface area (Å²) in [5.74, 6) is 1.10. The molecule has 2 rings (SSSR count). The molecule has 0 aliphatic carbocycles. The molecule has 0 amide bonds. The zero-order chi connectivity index (χ0) is 9.97. The van der Waals surface area contributed by atoms with Crippen molar-refractivity contribution in [2.24, 2.45) is 0 Å². The van der Waals surface area contributed by atoms with Crippen LogP contribution in [0.3, 0.4) is 0 Å². The molecule has 5 heteroatoms. The van der Waals surface area contributed by atoms with Crippen molar-refractivity contribution in [1.82, 2.24) is 4.98 Å². The number of hydrogen-bond acceptors (Lipinski definition) is 4. The number of rotatable bonds is 3. The van der Waals surface area contributed by atoms with Gasteiger partial charge >= 0.3 is 0 Å². The molecule has 1 aromatic rings. The molecule has 0 atom stereocenters. The fraction of sp³-hybridized carbons (Fsp3) is 0.444. The Morgan fingerprint density at radius 2 is 2.29 bits per heavy atom. The highest BCUT2D eigenvalue weighted by Gasteiger charge is 2.20. The standard InChI is InChI=1S/C9H10BrNO3/c1-12-9-7(10)2-3-8(11-9)14-6-4-13-5-6/h2-3,6H,4-5H2,1H3. The molecule has 14 heavy (non-hydrogen) atoms. The summed E-state index contributed by atoms with van der Waals surface area (Å²) in [5, 5.41) is 0. The monoisotopic (exact) mass is 259 g/mol. The van der Waals surface area contributed by atoms with Gasteiger partial charge in [0.15, 0.2) is 0 Å². The van der Waals surface area contributed by atoms with E-state index in [2.05, 4.69) is 20.9 Å². The Morgan fingerprint density at radius 3 is 2.86 bits per heavy atom. The number of nitrogens with zero attached hydrogens (tertiary/aromatic N) is 1. The van der Waals surface area contributed by atoms with Crippen LogP contribution in [-0.2, 0) is 4.74 Å². The second-order valence-corrected chi connectivity index (χ2v) is 3.77. The lowest BCUT2D eigenvalue weighted by Gasteiger charge is -2.26. The molecule has 1 aromatic heterocycles. The Bertz CT molecular complexity index is 328. The van der Waals surface area contributed by atoms with E-state index < -0.39 is 0 Å². The molecule has 1 aliphatic heterocycles. The molecule has 1 aliphatic rings. The van der Waals surface area contributed by atoms with Crippen molar-refractivity contribution < 1.29 is 14.2 Å². The van der Waals surface area contributed by atoms with Gasteiger partial charge in [-0.3, -0.25) is 0 Å². The second kappa shape index (κ2) is 4.14. The van der Waals surface area contributed by atoms with E-state index in [1.54, 1.807) is 13.2 Å². The normalized spacial score (nSPS) is 16.1. The second-order valence-electron chi connectivity index (χ2n) is 2.92. The SMILES string of the molecule is COc1nc(OC2COC2)ccc1Br. The molecule has 0 unspecified atom stereocenters. The van der Waals surface area contributed by atoms with Crippen LogP contribution in [0.2, 0.25) is 0 Å². The van der Waals surface area contributed by atoms with E-state index >= 15 is 0 Å². The molecule has 2 heterocycles. The minimum absolute atomic E-state index is 0.133. The van der Waals surface area contributed by atoms with Crippen molar-refractivity contribution in [1.29, 1.82) is 0 Å². The number of aromatic nitrogens is 1. The van der Waals surface area contributed by atoms with Crippen LogP contribution in [0.5, 0.6) is 11.8 Å². The van der Waals surface area contributed by atoms with Gasteiger partial charge in [-0.25, -0.2) is 0 Å². The Hall–Kier alpha value is -0.810. The first-order valence-electron chi connectivity index (χ1n) is 4.24. The van der Waals surface area contributed by atoms with Crippen LogP contribution < -0.4 is 9.47 Å². The first kappa shape index (κ1) is 9.73. The third-order valence-electron chi connectivity index (χ3n) is 1.88. The summed E-state index contributed by atoms with van der Waals surface area (Å²) in [5.41, 5.74) is 0. The van der Waals surface area contributed by atoms with E-state index in [-0.39, 0.29) is 6.10 Å². The zero-order valence-corrected chi connectivity index (χ0v) is 9.28. The van der Waals surface area contributed by atoms with Crippen molar-refractivity contribution in [3.8, 4) is 11.8 Å². The van der Waals surface area contributed by atoms with Gasteiger partial charge < -0.3 is 14.2 Å².